The molecule has 1 aromatic carbocycles. The maximum Gasteiger partial charge on any atom is 0.419 e. The SMILES string of the molecule is CCN1CC2(CCN(Cc3ccc(F)c(C(F)(F)F)c3)CC2)CC1=O. The van der Waals surface area contributed by atoms with Gasteiger partial charge in [-0.15, -0.1) is 0 Å². The predicted molar refractivity (Wildman–Crippen MR) is 85.2 cm³/mol. The fraction of sp³-hybridized carbons (Fsp3) is 0.611. The monoisotopic (exact) mass is 358 g/mol. The fourth-order valence-corrected chi connectivity index (χ4v) is 3.94. The van der Waals surface area contributed by atoms with Crippen molar-refractivity contribution in [2.75, 3.05) is 26.2 Å². The summed E-state index contributed by atoms with van der Waals surface area (Å²) in [6.07, 6.45) is -2.38. The molecule has 1 aromatic rings. The molecule has 3 rings (SSSR count). The third-order valence-electron chi connectivity index (χ3n) is 5.45. The Morgan fingerprint density at radius 2 is 1.88 bits per heavy atom. The number of carbonyl (C=O) groups is 1. The van der Waals surface area contributed by atoms with E-state index in [1.54, 1.807) is 0 Å². The summed E-state index contributed by atoms with van der Waals surface area (Å²) in [7, 11) is 0. The summed E-state index contributed by atoms with van der Waals surface area (Å²) < 4.78 is 51.9. The second kappa shape index (κ2) is 6.59. The third kappa shape index (κ3) is 3.81. The Labute approximate surface area is 144 Å². The van der Waals surface area contributed by atoms with E-state index in [0.29, 0.717) is 18.5 Å². The van der Waals surface area contributed by atoms with Gasteiger partial charge in [0.05, 0.1) is 5.56 Å². The van der Waals surface area contributed by atoms with Crippen molar-refractivity contribution in [3.63, 3.8) is 0 Å². The first kappa shape index (κ1) is 18.2. The minimum atomic E-state index is -4.68. The van der Waals surface area contributed by atoms with Crippen LogP contribution in [0.4, 0.5) is 17.6 Å². The standard InChI is InChI=1S/C18H22F4N2O/c1-2-24-12-17(10-16(24)25)5-7-23(8-6-17)11-13-3-4-15(19)14(9-13)18(20,21)22/h3-4,9H,2,5-8,10-12H2,1H3. The third-order valence-corrected chi connectivity index (χ3v) is 5.45. The largest absolute Gasteiger partial charge is 0.419 e. The number of alkyl halides is 3. The molecule has 2 saturated heterocycles. The Kier molecular flexibility index (Phi) is 4.79. The lowest BCUT2D eigenvalue weighted by molar-refractivity contribution is -0.140. The van der Waals surface area contributed by atoms with Gasteiger partial charge in [-0.3, -0.25) is 9.69 Å². The van der Waals surface area contributed by atoms with Crippen molar-refractivity contribution >= 4 is 5.91 Å². The number of benzene rings is 1. The molecule has 2 heterocycles. The number of likely N-dealkylation sites (tertiary alicyclic amines) is 2. The first-order chi connectivity index (χ1) is 11.7. The van der Waals surface area contributed by atoms with Crippen LogP contribution in [0.3, 0.4) is 0 Å². The van der Waals surface area contributed by atoms with E-state index in [2.05, 4.69) is 4.90 Å². The highest BCUT2D eigenvalue weighted by atomic mass is 19.4. The molecule has 0 N–H and O–H groups in total. The van der Waals surface area contributed by atoms with Crippen molar-refractivity contribution < 1.29 is 22.4 Å². The summed E-state index contributed by atoms with van der Waals surface area (Å²) >= 11 is 0. The molecule has 2 fully saturated rings. The molecule has 2 aliphatic rings. The van der Waals surface area contributed by atoms with Crippen molar-refractivity contribution in [2.24, 2.45) is 5.41 Å². The van der Waals surface area contributed by atoms with Gasteiger partial charge in [0.25, 0.3) is 0 Å². The van der Waals surface area contributed by atoms with Crippen molar-refractivity contribution in [3.05, 3.63) is 35.1 Å². The van der Waals surface area contributed by atoms with Crippen LogP contribution in [-0.4, -0.2) is 41.9 Å². The van der Waals surface area contributed by atoms with E-state index in [1.165, 1.54) is 6.07 Å². The van der Waals surface area contributed by atoms with Crippen LogP contribution in [0.15, 0.2) is 18.2 Å². The molecule has 138 valence electrons. The Morgan fingerprint density at radius 3 is 2.44 bits per heavy atom. The van der Waals surface area contributed by atoms with Crippen LogP contribution in [0.1, 0.15) is 37.3 Å². The molecule has 0 radical (unpaired) electrons. The first-order valence-electron chi connectivity index (χ1n) is 8.58. The second-order valence-electron chi connectivity index (χ2n) is 7.17. The van der Waals surface area contributed by atoms with Gasteiger partial charge in [0, 0.05) is 26.1 Å². The maximum atomic E-state index is 13.4. The molecule has 25 heavy (non-hydrogen) atoms. The highest BCUT2D eigenvalue weighted by molar-refractivity contribution is 5.79. The van der Waals surface area contributed by atoms with Gasteiger partial charge in [-0.2, -0.15) is 13.2 Å². The van der Waals surface area contributed by atoms with Crippen molar-refractivity contribution in [2.45, 2.75) is 38.9 Å². The zero-order chi connectivity index (χ0) is 18.2. The quantitative estimate of drug-likeness (QED) is 0.770. The van der Waals surface area contributed by atoms with Crippen LogP contribution < -0.4 is 0 Å². The fourth-order valence-electron chi connectivity index (χ4n) is 3.94. The van der Waals surface area contributed by atoms with Gasteiger partial charge in [-0.1, -0.05) is 6.07 Å². The molecule has 0 aromatic heterocycles. The summed E-state index contributed by atoms with van der Waals surface area (Å²) in [6.45, 7) is 5.32. The van der Waals surface area contributed by atoms with E-state index < -0.39 is 17.6 Å². The number of hydrogen-bond donors (Lipinski definition) is 0. The molecule has 7 heteroatoms. The van der Waals surface area contributed by atoms with E-state index in [0.717, 1.165) is 51.2 Å². The number of rotatable bonds is 3. The lowest BCUT2D eigenvalue weighted by atomic mass is 9.77. The van der Waals surface area contributed by atoms with Crippen LogP contribution in [0.25, 0.3) is 0 Å². The van der Waals surface area contributed by atoms with Crippen molar-refractivity contribution in [3.8, 4) is 0 Å². The van der Waals surface area contributed by atoms with Gasteiger partial charge < -0.3 is 4.90 Å². The second-order valence-corrected chi connectivity index (χ2v) is 7.17. The zero-order valence-corrected chi connectivity index (χ0v) is 14.2. The van der Waals surface area contributed by atoms with Crippen LogP contribution in [0.5, 0.6) is 0 Å². The molecule has 0 bridgehead atoms. The number of amides is 1. The smallest absolute Gasteiger partial charge is 0.342 e. The van der Waals surface area contributed by atoms with Crippen molar-refractivity contribution in [1.82, 2.24) is 9.80 Å². The summed E-state index contributed by atoms with van der Waals surface area (Å²) in [5.74, 6) is -1.04. The van der Waals surface area contributed by atoms with E-state index >= 15 is 0 Å². The number of nitrogens with zero attached hydrogens (tertiary/aromatic N) is 2. The number of carbonyl (C=O) groups excluding carboxylic acids is 1. The average Bonchev–Trinajstić information content (AvgIpc) is 2.86. The molecular weight excluding hydrogens is 336 g/mol. The summed E-state index contributed by atoms with van der Waals surface area (Å²) in [5, 5.41) is 0. The highest BCUT2D eigenvalue weighted by Gasteiger charge is 2.44. The lowest BCUT2D eigenvalue weighted by Gasteiger charge is -2.38. The molecule has 3 nitrogen and oxygen atoms in total. The summed E-state index contributed by atoms with van der Waals surface area (Å²) in [6, 6.07) is 3.20. The van der Waals surface area contributed by atoms with Crippen molar-refractivity contribution in [1.29, 1.82) is 0 Å². The predicted octanol–water partition coefficient (Wildman–Crippen LogP) is 3.68. The van der Waals surface area contributed by atoms with Crippen LogP contribution in [-0.2, 0) is 17.5 Å². The number of hydrogen-bond acceptors (Lipinski definition) is 2. The topological polar surface area (TPSA) is 23.6 Å². The first-order valence-corrected chi connectivity index (χ1v) is 8.58. The van der Waals surface area contributed by atoms with Gasteiger partial charge in [0.15, 0.2) is 0 Å². The summed E-state index contributed by atoms with van der Waals surface area (Å²) in [5.41, 5.74) is -0.732. The zero-order valence-electron chi connectivity index (χ0n) is 14.2. The molecule has 1 spiro atoms. The minimum absolute atomic E-state index is 0.0174. The summed E-state index contributed by atoms with van der Waals surface area (Å²) in [4.78, 5) is 15.9. The molecule has 0 aliphatic carbocycles. The lowest BCUT2D eigenvalue weighted by Crippen LogP contribution is -2.41. The van der Waals surface area contributed by atoms with Gasteiger partial charge in [0.1, 0.15) is 5.82 Å². The Hall–Kier alpha value is -1.63. The van der Waals surface area contributed by atoms with Crippen LogP contribution in [0, 0.1) is 11.2 Å². The van der Waals surface area contributed by atoms with Crippen LogP contribution in [0.2, 0.25) is 0 Å². The minimum Gasteiger partial charge on any atom is -0.342 e. The molecular formula is C18H22F4N2O. The average molecular weight is 358 g/mol. The van der Waals surface area contributed by atoms with E-state index in [9.17, 15) is 22.4 Å². The van der Waals surface area contributed by atoms with Gasteiger partial charge in [-0.25, -0.2) is 4.39 Å². The Bertz CT molecular complexity index is 651. The Morgan fingerprint density at radius 1 is 1.20 bits per heavy atom. The van der Waals surface area contributed by atoms with Gasteiger partial charge in [0.2, 0.25) is 5.91 Å². The molecule has 0 unspecified atom stereocenters. The Balaban J connectivity index is 1.63. The normalized spacial score (nSPS) is 21.3. The molecule has 0 saturated carbocycles. The maximum absolute atomic E-state index is 13.4. The van der Waals surface area contributed by atoms with E-state index in [-0.39, 0.29) is 11.3 Å². The van der Waals surface area contributed by atoms with Gasteiger partial charge in [-0.05, 0) is 56.0 Å². The molecule has 2 aliphatic heterocycles. The number of piperidine rings is 1. The molecule has 0 atom stereocenters. The molecule has 1 amide bonds. The van der Waals surface area contributed by atoms with Crippen LogP contribution >= 0.6 is 0 Å². The van der Waals surface area contributed by atoms with Gasteiger partial charge >= 0.3 is 6.18 Å². The number of halogens is 4. The highest BCUT2D eigenvalue weighted by Crippen LogP contribution is 2.41. The van der Waals surface area contributed by atoms with E-state index in [4.69, 9.17) is 0 Å². The van der Waals surface area contributed by atoms with E-state index in [1.807, 2.05) is 11.8 Å².